The van der Waals surface area contributed by atoms with E-state index in [2.05, 4.69) is 10.1 Å². The third-order valence-corrected chi connectivity index (χ3v) is 3.72. The van der Waals surface area contributed by atoms with Gasteiger partial charge in [-0.15, -0.1) is 0 Å². The van der Waals surface area contributed by atoms with E-state index < -0.39 is 4.92 Å². The van der Waals surface area contributed by atoms with E-state index in [4.69, 9.17) is 10.3 Å². The summed E-state index contributed by atoms with van der Waals surface area (Å²) in [5.41, 5.74) is 7.61. The monoisotopic (exact) mass is 288 g/mol. The first kappa shape index (κ1) is 12.3. The first-order chi connectivity index (χ1) is 9.66. The lowest BCUT2D eigenvalue weighted by atomic mass is 10.1. The van der Waals surface area contributed by atoms with Crippen molar-refractivity contribution in [1.29, 1.82) is 0 Å². The fourth-order valence-corrected chi connectivity index (χ4v) is 2.62. The Hall–Kier alpha value is -2.74. The van der Waals surface area contributed by atoms with Crippen LogP contribution >= 0.6 is 11.3 Å². The Morgan fingerprint density at radius 3 is 2.85 bits per heavy atom. The fraction of sp³-hybridized carbons (Fsp3) is 0. The van der Waals surface area contributed by atoms with Crippen molar-refractivity contribution in [3.05, 3.63) is 46.8 Å². The summed E-state index contributed by atoms with van der Waals surface area (Å²) < 4.78 is 5.01. The van der Waals surface area contributed by atoms with Crippen LogP contribution in [0.1, 0.15) is 0 Å². The summed E-state index contributed by atoms with van der Waals surface area (Å²) in [5.74, 6) is 0.157. The second kappa shape index (κ2) is 4.74. The molecular weight excluding hydrogens is 280 g/mol. The molecule has 3 aromatic heterocycles. The lowest BCUT2D eigenvalue weighted by Gasteiger charge is -1.99. The van der Waals surface area contributed by atoms with Gasteiger partial charge in [-0.1, -0.05) is 22.6 Å². The molecule has 0 fully saturated rings. The van der Waals surface area contributed by atoms with Crippen LogP contribution in [0.2, 0.25) is 0 Å². The second-order valence-electron chi connectivity index (χ2n) is 3.91. The number of nitro groups is 1. The molecule has 0 aliphatic carbocycles. The van der Waals surface area contributed by atoms with Crippen molar-refractivity contribution in [2.45, 2.75) is 0 Å². The van der Waals surface area contributed by atoms with Crippen LogP contribution in [-0.2, 0) is 0 Å². The number of aromatic nitrogens is 2. The van der Waals surface area contributed by atoms with Gasteiger partial charge in [-0.05, 0) is 12.1 Å². The minimum Gasteiger partial charge on any atom is -0.367 e. The highest BCUT2D eigenvalue weighted by molar-refractivity contribution is 7.18. The predicted octanol–water partition coefficient (Wildman–Crippen LogP) is 2.96. The SMILES string of the molecule is Nc1onc(-c2ccc([N+](=O)[O-])s2)c1-c1cccnc1. The molecule has 3 aromatic rings. The molecule has 0 atom stereocenters. The summed E-state index contributed by atoms with van der Waals surface area (Å²) in [5, 5.41) is 14.7. The van der Waals surface area contributed by atoms with Crippen LogP contribution in [-0.4, -0.2) is 15.1 Å². The molecule has 0 amide bonds. The summed E-state index contributed by atoms with van der Waals surface area (Å²) in [6, 6.07) is 6.64. The van der Waals surface area contributed by atoms with Gasteiger partial charge in [-0.2, -0.15) is 0 Å². The molecule has 3 rings (SSSR count). The van der Waals surface area contributed by atoms with E-state index in [1.165, 1.54) is 6.07 Å². The van der Waals surface area contributed by atoms with Crippen molar-refractivity contribution < 1.29 is 9.45 Å². The zero-order chi connectivity index (χ0) is 14.1. The fourth-order valence-electron chi connectivity index (χ4n) is 1.81. The maximum absolute atomic E-state index is 10.7. The minimum absolute atomic E-state index is 0.0405. The molecule has 0 saturated carbocycles. The quantitative estimate of drug-likeness (QED) is 0.586. The molecule has 0 aliphatic rings. The highest BCUT2D eigenvalue weighted by Gasteiger charge is 2.21. The van der Waals surface area contributed by atoms with Gasteiger partial charge in [0, 0.05) is 24.0 Å². The molecule has 0 bridgehead atoms. The number of hydrogen-bond donors (Lipinski definition) is 1. The lowest BCUT2D eigenvalue weighted by molar-refractivity contribution is -0.380. The number of nitrogens with zero attached hydrogens (tertiary/aromatic N) is 3. The molecule has 100 valence electrons. The topological polar surface area (TPSA) is 108 Å². The molecule has 2 N–H and O–H groups in total. The molecule has 0 unspecified atom stereocenters. The number of nitrogens with two attached hydrogens (primary N) is 1. The second-order valence-corrected chi connectivity index (χ2v) is 4.97. The van der Waals surface area contributed by atoms with E-state index in [9.17, 15) is 10.1 Å². The first-order valence-corrected chi connectivity index (χ1v) is 6.38. The summed E-state index contributed by atoms with van der Waals surface area (Å²) >= 11 is 1.02. The molecular formula is C12H8N4O3S. The number of rotatable bonds is 3. The summed E-state index contributed by atoms with van der Waals surface area (Å²) in [4.78, 5) is 14.9. The van der Waals surface area contributed by atoms with E-state index in [-0.39, 0.29) is 10.9 Å². The standard InChI is InChI=1S/C12H8N4O3S/c13-12-10(7-2-1-5-14-6-7)11(15-19-12)8-3-4-9(20-8)16(17)18/h1-6H,13H2. The van der Waals surface area contributed by atoms with Crippen LogP contribution in [0.15, 0.2) is 41.2 Å². The minimum atomic E-state index is -0.443. The first-order valence-electron chi connectivity index (χ1n) is 5.57. The normalized spacial score (nSPS) is 10.6. The molecule has 0 saturated heterocycles. The molecule has 0 spiro atoms. The Morgan fingerprint density at radius 1 is 1.35 bits per heavy atom. The lowest BCUT2D eigenvalue weighted by Crippen LogP contribution is -1.87. The van der Waals surface area contributed by atoms with Crippen LogP contribution in [0.3, 0.4) is 0 Å². The van der Waals surface area contributed by atoms with Crippen molar-refractivity contribution in [2.24, 2.45) is 0 Å². The summed E-state index contributed by atoms with van der Waals surface area (Å²) in [6.45, 7) is 0. The van der Waals surface area contributed by atoms with Crippen molar-refractivity contribution in [3.63, 3.8) is 0 Å². The number of hydrogen-bond acceptors (Lipinski definition) is 7. The molecule has 7 nitrogen and oxygen atoms in total. The predicted molar refractivity (Wildman–Crippen MR) is 74.1 cm³/mol. The summed E-state index contributed by atoms with van der Waals surface area (Å²) in [7, 11) is 0. The Kier molecular flexibility index (Phi) is 2.92. The molecule has 8 heteroatoms. The van der Waals surface area contributed by atoms with Gasteiger partial charge in [0.2, 0.25) is 5.88 Å². The molecule has 0 radical (unpaired) electrons. The largest absolute Gasteiger partial charge is 0.367 e. The number of pyridine rings is 1. The zero-order valence-electron chi connectivity index (χ0n) is 10.0. The van der Waals surface area contributed by atoms with E-state index in [0.29, 0.717) is 16.1 Å². The van der Waals surface area contributed by atoms with Crippen LogP contribution in [0, 0.1) is 10.1 Å². The molecule has 0 aliphatic heterocycles. The van der Waals surface area contributed by atoms with Crippen molar-refractivity contribution in [2.75, 3.05) is 5.73 Å². The van der Waals surface area contributed by atoms with Gasteiger partial charge >= 0.3 is 5.00 Å². The van der Waals surface area contributed by atoms with Crippen molar-refractivity contribution in [1.82, 2.24) is 10.1 Å². The van der Waals surface area contributed by atoms with Gasteiger partial charge < -0.3 is 10.3 Å². The van der Waals surface area contributed by atoms with Crippen LogP contribution in [0.5, 0.6) is 0 Å². The van der Waals surface area contributed by atoms with Crippen LogP contribution in [0.4, 0.5) is 10.9 Å². The Labute approximate surface area is 116 Å². The average molecular weight is 288 g/mol. The van der Waals surface area contributed by atoms with E-state index in [1.807, 2.05) is 6.07 Å². The van der Waals surface area contributed by atoms with Gasteiger partial charge in [0.15, 0.2) is 0 Å². The van der Waals surface area contributed by atoms with E-state index in [1.54, 1.807) is 24.5 Å². The van der Waals surface area contributed by atoms with Crippen molar-refractivity contribution >= 4 is 22.2 Å². The van der Waals surface area contributed by atoms with Gasteiger partial charge in [0.1, 0.15) is 5.69 Å². The average Bonchev–Trinajstić information content (AvgIpc) is 3.06. The summed E-state index contributed by atoms with van der Waals surface area (Å²) in [6.07, 6.45) is 3.28. The van der Waals surface area contributed by atoms with Crippen LogP contribution < -0.4 is 5.73 Å². The number of nitrogen functional groups attached to an aromatic ring is 1. The Balaban J connectivity index is 2.13. The maximum atomic E-state index is 10.7. The Bertz CT molecular complexity index is 766. The van der Waals surface area contributed by atoms with E-state index >= 15 is 0 Å². The van der Waals surface area contributed by atoms with E-state index in [0.717, 1.165) is 16.9 Å². The zero-order valence-corrected chi connectivity index (χ0v) is 10.8. The van der Waals surface area contributed by atoms with Crippen LogP contribution in [0.25, 0.3) is 21.7 Å². The van der Waals surface area contributed by atoms with Crippen molar-refractivity contribution in [3.8, 4) is 21.7 Å². The number of anilines is 1. The third kappa shape index (κ3) is 2.01. The van der Waals surface area contributed by atoms with Gasteiger partial charge in [0.05, 0.1) is 15.4 Å². The van der Waals surface area contributed by atoms with Gasteiger partial charge in [0.25, 0.3) is 0 Å². The number of thiophene rings is 1. The molecule has 20 heavy (non-hydrogen) atoms. The maximum Gasteiger partial charge on any atom is 0.324 e. The highest BCUT2D eigenvalue weighted by atomic mass is 32.1. The van der Waals surface area contributed by atoms with Gasteiger partial charge in [-0.3, -0.25) is 15.1 Å². The molecule has 3 heterocycles. The van der Waals surface area contributed by atoms with Gasteiger partial charge in [-0.25, -0.2) is 0 Å². The Morgan fingerprint density at radius 2 is 2.20 bits per heavy atom. The molecule has 0 aromatic carbocycles. The highest BCUT2D eigenvalue weighted by Crippen LogP contribution is 2.40. The third-order valence-electron chi connectivity index (χ3n) is 2.67. The smallest absolute Gasteiger partial charge is 0.324 e.